The molecule has 8 heteroatoms. The van der Waals surface area contributed by atoms with Crippen molar-refractivity contribution in [2.24, 2.45) is 0 Å². The van der Waals surface area contributed by atoms with Crippen molar-refractivity contribution in [1.82, 2.24) is 0 Å². The summed E-state index contributed by atoms with van der Waals surface area (Å²) >= 11 is 0. The topological polar surface area (TPSA) is 86.7 Å². The fourth-order valence-corrected chi connectivity index (χ4v) is 5.07. The largest absolute Gasteiger partial charge is 0.297 e. The Morgan fingerprint density at radius 1 is 0.643 bits per heavy atom. The average Bonchev–Trinajstić information content (AvgIpc) is 2.68. The van der Waals surface area contributed by atoms with Crippen LogP contribution in [-0.4, -0.2) is 29.0 Å². The van der Waals surface area contributed by atoms with Gasteiger partial charge in [-0.15, -0.1) is 0 Å². The first kappa shape index (κ1) is 22.5. The Kier molecular flexibility index (Phi) is 8.18. The van der Waals surface area contributed by atoms with Crippen molar-refractivity contribution in [3.8, 4) is 0 Å². The van der Waals surface area contributed by atoms with Gasteiger partial charge in [0.25, 0.3) is 20.2 Å². The summed E-state index contributed by atoms with van der Waals surface area (Å²) in [5.74, 6) is 0. The molecule has 0 saturated heterocycles. The zero-order valence-corrected chi connectivity index (χ0v) is 17.7. The van der Waals surface area contributed by atoms with Gasteiger partial charge >= 0.3 is 0 Å². The second-order valence-corrected chi connectivity index (χ2v) is 9.53. The van der Waals surface area contributed by atoms with Gasteiger partial charge < -0.3 is 0 Å². The molecule has 0 spiro atoms. The van der Waals surface area contributed by atoms with Crippen molar-refractivity contribution < 1.29 is 25.2 Å². The third-order valence-electron chi connectivity index (χ3n) is 4.13. The molecule has 28 heavy (non-hydrogen) atoms. The van der Waals surface area contributed by atoms with Crippen molar-refractivity contribution in [2.75, 3.05) is 0 Å². The molecule has 2 atom stereocenters. The Balaban J connectivity index is 2.29. The van der Waals surface area contributed by atoms with E-state index < -0.39 is 32.4 Å². The maximum absolute atomic E-state index is 12.6. The van der Waals surface area contributed by atoms with Gasteiger partial charge in [0, 0.05) is 0 Å². The van der Waals surface area contributed by atoms with Gasteiger partial charge in [0.1, 0.15) is 12.2 Å². The lowest BCUT2D eigenvalue weighted by atomic mass is 10.1. The summed E-state index contributed by atoms with van der Waals surface area (Å²) in [4.78, 5) is 0.0505. The van der Waals surface area contributed by atoms with E-state index in [0.717, 1.165) is 0 Å². The van der Waals surface area contributed by atoms with E-state index in [1.54, 1.807) is 36.4 Å². The van der Waals surface area contributed by atoms with Crippen molar-refractivity contribution in [3.63, 3.8) is 0 Å². The van der Waals surface area contributed by atoms with E-state index in [4.69, 9.17) is 8.37 Å². The van der Waals surface area contributed by atoms with Crippen LogP contribution in [0.5, 0.6) is 0 Å². The fraction of sp³-hybridized carbons (Fsp3) is 0.400. The van der Waals surface area contributed by atoms with E-state index in [9.17, 15) is 16.8 Å². The first-order valence-electron chi connectivity index (χ1n) is 9.27. The minimum Gasteiger partial charge on any atom is -0.260 e. The molecule has 0 fully saturated rings. The normalized spacial score (nSPS) is 14.5. The van der Waals surface area contributed by atoms with Crippen molar-refractivity contribution >= 4 is 20.2 Å². The zero-order valence-electron chi connectivity index (χ0n) is 16.0. The van der Waals surface area contributed by atoms with Gasteiger partial charge in [0.05, 0.1) is 9.79 Å². The van der Waals surface area contributed by atoms with Crippen LogP contribution in [0.4, 0.5) is 0 Å². The molecule has 2 aromatic rings. The van der Waals surface area contributed by atoms with Crippen LogP contribution in [-0.2, 0) is 28.6 Å². The van der Waals surface area contributed by atoms with Crippen molar-refractivity contribution in [2.45, 2.75) is 61.5 Å². The van der Waals surface area contributed by atoms with Gasteiger partial charge in [-0.1, -0.05) is 63.1 Å². The summed E-state index contributed by atoms with van der Waals surface area (Å²) in [7, 11) is -8.08. The summed E-state index contributed by atoms with van der Waals surface area (Å²) in [6.45, 7) is 3.75. The second-order valence-electron chi connectivity index (χ2n) is 6.38. The third-order valence-corrected chi connectivity index (χ3v) is 6.83. The molecule has 154 valence electrons. The average molecular weight is 427 g/mol. The molecule has 0 bridgehead atoms. The van der Waals surface area contributed by atoms with Crippen molar-refractivity contribution in [1.29, 1.82) is 0 Å². The first-order valence-corrected chi connectivity index (χ1v) is 12.1. The van der Waals surface area contributed by atoms with Gasteiger partial charge in [-0.3, -0.25) is 8.37 Å². The molecule has 0 amide bonds. The van der Waals surface area contributed by atoms with Gasteiger partial charge in [0.15, 0.2) is 0 Å². The van der Waals surface area contributed by atoms with E-state index in [1.807, 2.05) is 13.8 Å². The Bertz CT molecular complexity index is 846. The summed E-state index contributed by atoms with van der Waals surface area (Å²) in [5.41, 5.74) is 0. The maximum atomic E-state index is 12.6. The summed E-state index contributed by atoms with van der Waals surface area (Å²) in [5, 5.41) is 0. The van der Waals surface area contributed by atoms with E-state index in [0.29, 0.717) is 25.7 Å². The van der Waals surface area contributed by atoms with Gasteiger partial charge in [0.2, 0.25) is 0 Å². The number of rotatable bonds is 11. The predicted octanol–water partition coefficient (Wildman–Crippen LogP) is 4.13. The second kappa shape index (κ2) is 10.2. The SMILES string of the molecule is CCCC(OS(=O)(=O)c1ccccc1)C(CCC)OS(=O)(=O)c1ccccc1. The molecule has 0 heterocycles. The maximum Gasteiger partial charge on any atom is 0.297 e. The van der Waals surface area contributed by atoms with Crippen LogP contribution in [0.2, 0.25) is 0 Å². The molecule has 2 rings (SSSR count). The molecule has 0 aromatic heterocycles. The van der Waals surface area contributed by atoms with E-state index >= 15 is 0 Å². The Morgan fingerprint density at radius 2 is 0.964 bits per heavy atom. The van der Waals surface area contributed by atoms with Crippen LogP contribution in [0.3, 0.4) is 0 Å². The van der Waals surface area contributed by atoms with Crippen LogP contribution in [0, 0.1) is 0 Å². The molecule has 0 aliphatic rings. The Labute approximate surface area is 167 Å². The highest BCUT2D eigenvalue weighted by molar-refractivity contribution is 7.87. The molecule has 0 N–H and O–H groups in total. The predicted molar refractivity (Wildman–Crippen MR) is 107 cm³/mol. The lowest BCUT2D eigenvalue weighted by molar-refractivity contribution is 0.0505. The van der Waals surface area contributed by atoms with Gasteiger partial charge in [-0.2, -0.15) is 16.8 Å². The highest BCUT2D eigenvalue weighted by atomic mass is 32.2. The lowest BCUT2D eigenvalue weighted by Gasteiger charge is -2.26. The van der Waals surface area contributed by atoms with Gasteiger partial charge in [-0.25, -0.2) is 0 Å². The third kappa shape index (κ3) is 6.13. The van der Waals surface area contributed by atoms with E-state index in [1.165, 1.54) is 24.3 Å². The van der Waals surface area contributed by atoms with Crippen molar-refractivity contribution in [3.05, 3.63) is 60.7 Å². The monoisotopic (exact) mass is 426 g/mol. The highest BCUT2D eigenvalue weighted by Gasteiger charge is 2.32. The molecule has 6 nitrogen and oxygen atoms in total. The summed E-state index contributed by atoms with van der Waals surface area (Å²) in [6, 6.07) is 15.6. The lowest BCUT2D eigenvalue weighted by Crippen LogP contribution is -2.35. The minimum absolute atomic E-state index is 0.0252. The molecule has 2 unspecified atom stereocenters. The van der Waals surface area contributed by atoms with E-state index in [2.05, 4.69) is 0 Å². The fourth-order valence-electron chi connectivity index (χ4n) is 2.77. The molecular formula is C20H26O6S2. The van der Waals surface area contributed by atoms with Gasteiger partial charge in [-0.05, 0) is 37.1 Å². The summed E-state index contributed by atoms with van der Waals surface area (Å²) in [6.07, 6.45) is 0.109. The zero-order chi connectivity index (χ0) is 20.6. The molecule has 0 radical (unpaired) electrons. The molecule has 0 saturated carbocycles. The van der Waals surface area contributed by atoms with Crippen LogP contribution in [0.25, 0.3) is 0 Å². The van der Waals surface area contributed by atoms with E-state index in [-0.39, 0.29) is 9.79 Å². The minimum atomic E-state index is -4.04. The smallest absolute Gasteiger partial charge is 0.260 e. The Morgan fingerprint density at radius 3 is 1.25 bits per heavy atom. The molecule has 0 aliphatic carbocycles. The quantitative estimate of drug-likeness (QED) is 0.502. The molecule has 2 aromatic carbocycles. The van der Waals surface area contributed by atoms with Crippen LogP contribution >= 0.6 is 0 Å². The Hall–Kier alpha value is -1.74. The number of hydrogen-bond acceptors (Lipinski definition) is 6. The standard InChI is InChI=1S/C20H26O6S2/c1-3-11-19(25-27(21,22)17-13-7-5-8-14-17)20(12-4-2)26-28(23,24)18-15-9-6-10-16-18/h5-10,13-16,19-20H,3-4,11-12H2,1-2H3. The van der Waals surface area contributed by atoms with Crippen LogP contribution < -0.4 is 0 Å². The summed E-state index contributed by atoms with van der Waals surface area (Å²) < 4.78 is 61.4. The molecule has 0 aliphatic heterocycles. The number of benzene rings is 2. The highest BCUT2D eigenvalue weighted by Crippen LogP contribution is 2.25. The molecular weight excluding hydrogens is 400 g/mol. The van der Waals surface area contributed by atoms with Crippen LogP contribution in [0.1, 0.15) is 39.5 Å². The first-order chi connectivity index (χ1) is 13.3. The van der Waals surface area contributed by atoms with Crippen LogP contribution in [0.15, 0.2) is 70.5 Å². The number of hydrogen-bond donors (Lipinski definition) is 0.